The summed E-state index contributed by atoms with van der Waals surface area (Å²) in [7, 11) is 3.65. The molecule has 3 rings (SSSR count). The third kappa shape index (κ3) is 4.11. The van der Waals surface area contributed by atoms with Crippen molar-refractivity contribution in [3.8, 4) is 5.75 Å². The Balaban J connectivity index is 2.19. The van der Waals surface area contributed by atoms with Crippen LogP contribution in [0.4, 0.5) is 4.39 Å². The van der Waals surface area contributed by atoms with Crippen molar-refractivity contribution in [1.82, 2.24) is 9.80 Å². The third-order valence-electron chi connectivity index (χ3n) is 4.73. The first-order chi connectivity index (χ1) is 13.7. The summed E-state index contributed by atoms with van der Waals surface area (Å²) in [6.07, 6.45) is 0. The molecule has 0 bridgehead atoms. The summed E-state index contributed by atoms with van der Waals surface area (Å²) < 4.78 is 13.4. The molecule has 1 heterocycles. The van der Waals surface area contributed by atoms with Gasteiger partial charge in [0.2, 0.25) is 0 Å². The van der Waals surface area contributed by atoms with Crippen molar-refractivity contribution in [1.29, 1.82) is 0 Å². The van der Waals surface area contributed by atoms with Crippen LogP contribution >= 0.6 is 11.6 Å². The number of aliphatic hydroxyl groups excluding tert-OH is 1. The predicted molar refractivity (Wildman–Crippen MR) is 107 cm³/mol. The van der Waals surface area contributed by atoms with Gasteiger partial charge in [-0.1, -0.05) is 23.7 Å². The molecule has 2 aromatic rings. The number of likely N-dealkylation sites (tertiary alicyclic amines) is 1. The second kappa shape index (κ2) is 8.23. The Morgan fingerprint density at radius 2 is 1.83 bits per heavy atom. The Hall–Kier alpha value is -2.90. The Morgan fingerprint density at radius 1 is 1.17 bits per heavy atom. The van der Waals surface area contributed by atoms with Gasteiger partial charge >= 0.3 is 0 Å². The molecule has 1 saturated heterocycles. The monoisotopic (exact) mass is 418 g/mol. The summed E-state index contributed by atoms with van der Waals surface area (Å²) in [6, 6.07) is 8.46. The first kappa shape index (κ1) is 20.8. The number of phenolic OH excluding ortho intramolecular Hbond substituents is 1. The number of carbonyl (C=O) groups is 2. The van der Waals surface area contributed by atoms with E-state index in [4.69, 9.17) is 11.6 Å². The lowest BCUT2D eigenvalue weighted by Crippen LogP contribution is -2.35. The second-order valence-electron chi connectivity index (χ2n) is 7.01. The number of benzene rings is 2. The number of nitrogens with zero attached hydrogens (tertiary/aromatic N) is 2. The molecular weight excluding hydrogens is 399 g/mol. The van der Waals surface area contributed by atoms with Gasteiger partial charge in [-0.15, -0.1) is 0 Å². The summed E-state index contributed by atoms with van der Waals surface area (Å²) in [6.45, 7) is 0.700. The number of halogens is 2. The van der Waals surface area contributed by atoms with Crippen LogP contribution < -0.4 is 0 Å². The minimum absolute atomic E-state index is 0.0600. The molecule has 6 nitrogen and oxygen atoms in total. The number of aliphatic hydroxyl groups is 1. The average Bonchev–Trinajstić information content (AvgIpc) is 2.93. The smallest absolute Gasteiger partial charge is 0.295 e. The SMILES string of the molecule is CN(C)CCN1C(=O)C(=O)C(=C(O)c2cc(Cl)ccc2O)[C@@H]1c1ccc(F)cc1. The normalized spacial score (nSPS) is 18.7. The number of hydrogen-bond donors (Lipinski definition) is 2. The summed E-state index contributed by atoms with van der Waals surface area (Å²) in [4.78, 5) is 28.7. The van der Waals surface area contributed by atoms with E-state index in [9.17, 15) is 24.2 Å². The maximum absolute atomic E-state index is 13.4. The number of phenols is 1. The zero-order valence-electron chi connectivity index (χ0n) is 15.9. The molecule has 2 N–H and O–H groups in total. The zero-order chi connectivity index (χ0) is 21.3. The molecule has 0 spiro atoms. The molecule has 1 amide bonds. The van der Waals surface area contributed by atoms with E-state index in [2.05, 4.69) is 0 Å². The van der Waals surface area contributed by atoms with Gasteiger partial charge in [-0.2, -0.15) is 0 Å². The standard InChI is InChI=1S/C21H20ClFN2O4/c1-24(2)9-10-25-18(12-3-6-14(23)7-4-12)17(20(28)21(25)29)19(27)15-11-13(22)5-8-16(15)26/h3-8,11,18,26-27H,9-10H2,1-2H3/t18-/m0/s1. The molecule has 0 aliphatic carbocycles. The molecule has 8 heteroatoms. The first-order valence-corrected chi connectivity index (χ1v) is 9.26. The molecular formula is C21H20ClFN2O4. The Morgan fingerprint density at radius 3 is 2.45 bits per heavy atom. The summed E-state index contributed by atoms with van der Waals surface area (Å²) in [5, 5.41) is 21.2. The van der Waals surface area contributed by atoms with Gasteiger partial charge in [0.1, 0.15) is 17.3 Å². The van der Waals surface area contributed by atoms with Crippen molar-refractivity contribution in [2.75, 3.05) is 27.2 Å². The molecule has 0 unspecified atom stereocenters. The Bertz CT molecular complexity index is 989. The molecule has 0 saturated carbocycles. The van der Waals surface area contributed by atoms with Crippen molar-refractivity contribution in [2.24, 2.45) is 0 Å². The number of carbonyl (C=O) groups excluding carboxylic acids is 2. The predicted octanol–water partition coefficient (Wildman–Crippen LogP) is 3.17. The van der Waals surface area contributed by atoms with Gasteiger partial charge < -0.3 is 20.0 Å². The van der Waals surface area contributed by atoms with Crippen LogP contribution in [-0.4, -0.2) is 58.9 Å². The van der Waals surface area contributed by atoms with E-state index in [-0.39, 0.29) is 28.5 Å². The fourth-order valence-corrected chi connectivity index (χ4v) is 3.43. The fraction of sp³-hybridized carbons (Fsp3) is 0.238. The summed E-state index contributed by atoms with van der Waals surface area (Å²) in [5.41, 5.74) is 0.223. The number of ketones is 1. The highest BCUT2D eigenvalue weighted by Gasteiger charge is 2.46. The summed E-state index contributed by atoms with van der Waals surface area (Å²) >= 11 is 5.96. The fourth-order valence-electron chi connectivity index (χ4n) is 3.25. The quantitative estimate of drug-likeness (QED) is 0.443. The Labute approximate surface area is 172 Å². The van der Waals surface area contributed by atoms with Gasteiger partial charge in [0, 0.05) is 18.1 Å². The molecule has 0 radical (unpaired) electrons. The third-order valence-corrected chi connectivity index (χ3v) is 4.96. The number of amides is 1. The molecule has 152 valence electrons. The lowest BCUT2D eigenvalue weighted by atomic mass is 9.95. The number of hydrogen-bond acceptors (Lipinski definition) is 5. The van der Waals surface area contributed by atoms with Gasteiger partial charge in [-0.05, 0) is 50.0 Å². The minimum atomic E-state index is -0.922. The van der Waals surface area contributed by atoms with Crippen LogP contribution in [0.5, 0.6) is 5.75 Å². The van der Waals surface area contributed by atoms with Gasteiger partial charge in [-0.25, -0.2) is 4.39 Å². The van der Waals surface area contributed by atoms with Crippen molar-refractivity contribution in [3.63, 3.8) is 0 Å². The van der Waals surface area contributed by atoms with E-state index in [1.165, 1.54) is 47.4 Å². The number of likely N-dealkylation sites (N-methyl/N-ethyl adjacent to an activating group) is 1. The van der Waals surface area contributed by atoms with Crippen molar-refractivity contribution in [3.05, 3.63) is 70.0 Å². The highest BCUT2D eigenvalue weighted by atomic mass is 35.5. The Kier molecular flexibility index (Phi) is 5.91. The molecule has 1 aliphatic heterocycles. The van der Waals surface area contributed by atoms with E-state index in [0.29, 0.717) is 12.1 Å². The van der Waals surface area contributed by atoms with Crippen molar-refractivity contribution < 1.29 is 24.2 Å². The molecule has 29 heavy (non-hydrogen) atoms. The zero-order valence-corrected chi connectivity index (χ0v) is 16.7. The number of Topliss-reactive ketones (excluding diaryl/α,β-unsaturated/α-hetero) is 1. The van der Waals surface area contributed by atoms with Gasteiger partial charge in [0.25, 0.3) is 11.7 Å². The maximum atomic E-state index is 13.4. The molecule has 1 fully saturated rings. The molecule has 1 aliphatic rings. The van der Waals surface area contributed by atoms with Crippen molar-refractivity contribution in [2.45, 2.75) is 6.04 Å². The lowest BCUT2D eigenvalue weighted by Gasteiger charge is -2.26. The van der Waals surface area contributed by atoms with Crippen LogP contribution in [0.15, 0.2) is 48.0 Å². The summed E-state index contributed by atoms with van der Waals surface area (Å²) in [5.74, 6) is -2.94. The van der Waals surface area contributed by atoms with Crippen LogP contribution in [0, 0.1) is 5.82 Å². The van der Waals surface area contributed by atoms with Crippen LogP contribution in [0.1, 0.15) is 17.2 Å². The lowest BCUT2D eigenvalue weighted by molar-refractivity contribution is -0.140. The largest absolute Gasteiger partial charge is 0.507 e. The van der Waals surface area contributed by atoms with Crippen LogP contribution in [-0.2, 0) is 9.59 Å². The van der Waals surface area contributed by atoms with E-state index in [1.807, 2.05) is 19.0 Å². The minimum Gasteiger partial charge on any atom is -0.507 e. The van der Waals surface area contributed by atoms with Crippen LogP contribution in [0.2, 0.25) is 5.02 Å². The topological polar surface area (TPSA) is 81.1 Å². The van der Waals surface area contributed by atoms with Gasteiger partial charge in [0.05, 0.1) is 17.2 Å². The molecule has 2 aromatic carbocycles. The highest BCUT2D eigenvalue weighted by molar-refractivity contribution is 6.46. The van der Waals surface area contributed by atoms with E-state index in [0.717, 1.165) is 0 Å². The number of aromatic hydroxyl groups is 1. The first-order valence-electron chi connectivity index (χ1n) is 8.88. The number of rotatable bonds is 5. The van der Waals surface area contributed by atoms with Crippen LogP contribution in [0.25, 0.3) is 5.76 Å². The maximum Gasteiger partial charge on any atom is 0.295 e. The van der Waals surface area contributed by atoms with E-state index in [1.54, 1.807) is 0 Å². The van der Waals surface area contributed by atoms with E-state index < -0.39 is 29.3 Å². The second-order valence-corrected chi connectivity index (χ2v) is 7.45. The van der Waals surface area contributed by atoms with Gasteiger partial charge in [0.15, 0.2) is 0 Å². The average molecular weight is 419 g/mol. The highest BCUT2D eigenvalue weighted by Crippen LogP contribution is 2.41. The van der Waals surface area contributed by atoms with Crippen molar-refractivity contribution >= 4 is 29.1 Å². The molecule has 1 atom stereocenters. The van der Waals surface area contributed by atoms with Crippen LogP contribution in [0.3, 0.4) is 0 Å². The van der Waals surface area contributed by atoms with E-state index >= 15 is 0 Å². The van der Waals surface area contributed by atoms with Gasteiger partial charge in [-0.3, -0.25) is 9.59 Å². The molecule has 0 aromatic heterocycles.